The zero-order valence-corrected chi connectivity index (χ0v) is 10.2. The van der Waals surface area contributed by atoms with E-state index >= 15 is 0 Å². The van der Waals surface area contributed by atoms with Crippen LogP contribution in [0, 0.1) is 0 Å². The summed E-state index contributed by atoms with van der Waals surface area (Å²) >= 11 is 0. The number of hydrogen-bond donors (Lipinski definition) is 2. The highest BCUT2D eigenvalue weighted by Crippen LogP contribution is 2.38. The Labute approximate surface area is 102 Å². The van der Waals surface area contributed by atoms with Gasteiger partial charge < -0.3 is 10.4 Å². The summed E-state index contributed by atoms with van der Waals surface area (Å²) in [5.74, 6) is 0.716. The van der Waals surface area contributed by atoms with Gasteiger partial charge in [-0.3, -0.25) is 4.79 Å². The molecule has 1 fully saturated rings. The van der Waals surface area contributed by atoms with Crippen LogP contribution in [0.25, 0.3) is 0 Å². The van der Waals surface area contributed by atoms with Crippen LogP contribution in [0.5, 0.6) is 5.75 Å². The highest BCUT2D eigenvalue weighted by atomic mass is 16.3. The molecule has 1 saturated carbocycles. The Morgan fingerprint density at radius 2 is 2.00 bits per heavy atom. The molecule has 3 nitrogen and oxygen atoms in total. The average molecular weight is 233 g/mol. The topological polar surface area (TPSA) is 49.3 Å². The maximum Gasteiger partial charge on any atom is 0.221 e. The molecule has 2 rings (SSSR count). The first-order chi connectivity index (χ1) is 8.16. The molecule has 1 aromatic rings. The lowest BCUT2D eigenvalue weighted by atomic mass is 9.83. The van der Waals surface area contributed by atoms with Gasteiger partial charge in [0.25, 0.3) is 0 Å². The van der Waals surface area contributed by atoms with Gasteiger partial charge in [0.2, 0.25) is 5.91 Å². The maximum atomic E-state index is 11.0. The minimum absolute atomic E-state index is 0.0784. The number of carbonyl (C=O) groups excluding carboxylic acids is 1. The van der Waals surface area contributed by atoms with E-state index in [9.17, 15) is 9.90 Å². The molecule has 3 heteroatoms. The monoisotopic (exact) mass is 233 g/mol. The van der Waals surface area contributed by atoms with Crippen molar-refractivity contribution in [2.75, 3.05) is 5.32 Å². The largest absolute Gasteiger partial charge is 0.508 e. The first-order valence-electron chi connectivity index (χ1n) is 6.27. The summed E-state index contributed by atoms with van der Waals surface area (Å²) in [5.41, 5.74) is 1.76. The van der Waals surface area contributed by atoms with Crippen molar-refractivity contribution in [3.63, 3.8) is 0 Å². The lowest BCUT2D eigenvalue weighted by molar-refractivity contribution is -0.114. The molecule has 0 aliphatic heterocycles. The second-order valence-electron chi connectivity index (χ2n) is 4.79. The number of nitrogens with one attached hydrogen (secondary N) is 1. The fourth-order valence-corrected chi connectivity index (χ4v) is 2.58. The highest BCUT2D eigenvalue weighted by molar-refractivity contribution is 5.88. The van der Waals surface area contributed by atoms with E-state index in [-0.39, 0.29) is 5.91 Å². The van der Waals surface area contributed by atoms with Gasteiger partial charge in [-0.1, -0.05) is 19.3 Å². The average Bonchev–Trinajstić information content (AvgIpc) is 2.32. The number of phenols is 1. The molecule has 0 bridgehead atoms. The molecule has 0 aromatic heterocycles. The van der Waals surface area contributed by atoms with Crippen LogP contribution in [0.2, 0.25) is 0 Å². The number of rotatable bonds is 2. The van der Waals surface area contributed by atoms with E-state index in [0.29, 0.717) is 11.7 Å². The van der Waals surface area contributed by atoms with Gasteiger partial charge in [-0.2, -0.15) is 0 Å². The lowest BCUT2D eigenvalue weighted by Gasteiger charge is -2.23. The van der Waals surface area contributed by atoms with E-state index in [0.717, 1.165) is 24.1 Å². The van der Waals surface area contributed by atoms with Gasteiger partial charge in [-0.05, 0) is 42.5 Å². The molecule has 0 radical (unpaired) electrons. The molecule has 1 aliphatic rings. The predicted octanol–water partition coefficient (Wildman–Crippen LogP) is 3.40. The van der Waals surface area contributed by atoms with E-state index < -0.39 is 0 Å². The maximum absolute atomic E-state index is 11.0. The van der Waals surface area contributed by atoms with Crippen LogP contribution in [0.15, 0.2) is 18.2 Å². The van der Waals surface area contributed by atoms with Crippen molar-refractivity contribution < 1.29 is 9.90 Å². The van der Waals surface area contributed by atoms with Gasteiger partial charge in [0.05, 0.1) is 0 Å². The number of anilines is 1. The summed E-state index contributed by atoms with van der Waals surface area (Å²) in [6.45, 7) is 1.49. The van der Waals surface area contributed by atoms with Crippen LogP contribution in [0.1, 0.15) is 50.5 Å². The van der Waals surface area contributed by atoms with Crippen molar-refractivity contribution in [1.29, 1.82) is 0 Å². The van der Waals surface area contributed by atoms with Crippen LogP contribution in [0.4, 0.5) is 5.69 Å². The fraction of sp³-hybridized carbons (Fsp3) is 0.500. The molecule has 0 unspecified atom stereocenters. The third-order valence-electron chi connectivity index (χ3n) is 3.39. The summed E-state index contributed by atoms with van der Waals surface area (Å²) in [7, 11) is 0. The molecule has 0 atom stereocenters. The van der Waals surface area contributed by atoms with Crippen molar-refractivity contribution >= 4 is 11.6 Å². The number of phenolic OH excluding ortho intramolecular Hbond substituents is 1. The Morgan fingerprint density at radius 1 is 1.29 bits per heavy atom. The zero-order chi connectivity index (χ0) is 12.3. The van der Waals surface area contributed by atoms with Gasteiger partial charge in [0, 0.05) is 12.6 Å². The van der Waals surface area contributed by atoms with Gasteiger partial charge in [0.15, 0.2) is 0 Å². The molecular formula is C14H19NO2. The Hall–Kier alpha value is -1.51. The van der Waals surface area contributed by atoms with E-state index in [4.69, 9.17) is 0 Å². The van der Waals surface area contributed by atoms with Crippen molar-refractivity contribution in [1.82, 2.24) is 0 Å². The third-order valence-corrected chi connectivity index (χ3v) is 3.39. The van der Waals surface area contributed by atoms with Crippen LogP contribution in [0.3, 0.4) is 0 Å². The van der Waals surface area contributed by atoms with Gasteiger partial charge in [-0.15, -0.1) is 0 Å². The zero-order valence-electron chi connectivity index (χ0n) is 10.2. The minimum Gasteiger partial charge on any atom is -0.508 e. The molecule has 0 saturated heterocycles. The van der Waals surface area contributed by atoms with Crippen LogP contribution < -0.4 is 5.32 Å². The molecular weight excluding hydrogens is 214 g/mol. The van der Waals surface area contributed by atoms with Gasteiger partial charge in [0.1, 0.15) is 5.75 Å². The van der Waals surface area contributed by atoms with E-state index in [1.54, 1.807) is 12.1 Å². The number of aromatic hydroxyl groups is 1. The molecule has 1 aliphatic carbocycles. The van der Waals surface area contributed by atoms with Gasteiger partial charge >= 0.3 is 0 Å². The summed E-state index contributed by atoms with van der Waals surface area (Å²) in [5, 5.41) is 12.7. The third kappa shape index (κ3) is 2.99. The van der Waals surface area contributed by atoms with Crippen molar-refractivity contribution in [3.8, 4) is 5.75 Å². The number of carbonyl (C=O) groups is 1. The van der Waals surface area contributed by atoms with Crippen molar-refractivity contribution in [2.45, 2.75) is 44.9 Å². The number of amides is 1. The Balaban J connectivity index is 2.21. The van der Waals surface area contributed by atoms with E-state index in [1.807, 2.05) is 6.07 Å². The summed E-state index contributed by atoms with van der Waals surface area (Å²) in [6, 6.07) is 5.32. The molecule has 1 aromatic carbocycles. The molecule has 0 spiro atoms. The smallest absolute Gasteiger partial charge is 0.221 e. The normalized spacial score (nSPS) is 16.8. The van der Waals surface area contributed by atoms with E-state index in [1.165, 1.54) is 26.2 Å². The second-order valence-corrected chi connectivity index (χ2v) is 4.79. The summed E-state index contributed by atoms with van der Waals surface area (Å²) < 4.78 is 0. The van der Waals surface area contributed by atoms with Crippen molar-refractivity contribution in [2.24, 2.45) is 0 Å². The Morgan fingerprint density at radius 3 is 2.65 bits per heavy atom. The SMILES string of the molecule is CC(=O)Nc1ccc(O)c(C2CCCCC2)c1. The quantitative estimate of drug-likeness (QED) is 0.769. The van der Waals surface area contributed by atoms with E-state index in [2.05, 4.69) is 5.32 Å². The second kappa shape index (κ2) is 5.21. The summed E-state index contributed by atoms with van der Waals surface area (Å²) in [6.07, 6.45) is 6.03. The van der Waals surface area contributed by atoms with Crippen LogP contribution in [-0.4, -0.2) is 11.0 Å². The van der Waals surface area contributed by atoms with Crippen molar-refractivity contribution in [3.05, 3.63) is 23.8 Å². The molecule has 92 valence electrons. The van der Waals surface area contributed by atoms with Crippen LogP contribution >= 0.6 is 0 Å². The van der Waals surface area contributed by atoms with Gasteiger partial charge in [-0.25, -0.2) is 0 Å². The molecule has 17 heavy (non-hydrogen) atoms. The predicted molar refractivity (Wildman–Crippen MR) is 68.2 cm³/mol. The first kappa shape index (κ1) is 12.0. The number of hydrogen-bond acceptors (Lipinski definition) is 2. The number of benzene rings is 1. The molecule has 0 heterocycles. The first-order valence-corrected chi connectivity index (χ1v) is 6.27. The standard InChI is InChI=1S/C14H19NO2/c1-10(16)15-12-7-8-14(17)13(9-12)11-5-3-2-4-6-11/h7-9,11,17H,2-6H2,1H3,(H,15,16). The van der Waals surface area contributed by atoms with Crippen LogP contribution in [-0.2, 0) is 4.79 Å². The lowest BCUT2D eigenvalue weighted by Crippen LogP contribution is -2.08. The molecule has 2 N–H and O–H groups in total. The summed E-state index contributed by atoms with van der Waals surface area (Å²) in [4.78, 5) is 11.0. The fourth-order valence-electron chi connectivity index (χ4n) is 2.58. The minimum atomic E-state index is -0.0784. The Kier molecular flexibility index (Phi) is 3.67. The highest BCUT2D eigenvalue weighted by Gasteiger charge is 2.18. The molecule has 1 amide bonds. The Bertz CT molecular complexity index is 409.